The highest BCUT2D eigenvalue weighted by atomic mass is 16.4. The number of benzene rings is 1. The highest BCUT2D eigenvalue weighted by Crippen LogP contribution is 2.14. The Labute approximate surface area is 94.1 Å². The molecule has 4 heteroatoms. The molecule has 0 aliphatic rings. The predicted molar refractivity (Wildman–Crippen MR) is 59.9 cm³/mol. The topological polar surface area (TPSA) is 80.4 Å². The van der Waals surface area contributed by atoms with Gasteiger partial charge in [0.05, 0.1) is 12.5 Å². The average Bonchev–Trinajstić information content (AvgIpc) is 2.28. The highest BCUT2D eigenvalue weighted by Gasteiger charge is 2.20. The smallest absolute Gasteiger partial charge is 0.303 e. The minimum absolute atomic E-state index is 0.0885. The number of hydrogen-bond acceptors (Lipinski definition) is 3. The average molecular weight is 221 g/mol. The Morgan fingerprint density at radius 2 is 2.00 bits per heavy atom. The van der Waals surface area contributed by atoms with E-state index in [0.717, 1.165) is 5.56 Å². The number of nitrogens with two attached hydrogens (primary N) is 1. The van der Waals surface area contributed by atoms with Gasteiger partial charge in [-0.25, -0.2) is 0 Å². The third-order valence-corrected chi connectivity index (χ3v) is 2.48. The van der Waals surface area contributed by atoms with E-state index in [1.165, 1.54) is 0 Å². The first-order valence-electron chi connectivity index (χ1n) is 5.10. The Hall–Kier alpha value is -1.68. The summed E-state index contributed by atoms with van der Waals surface area (Å²) in [7, 11) is 0. The van der Waals surface area contributed by atoms with Crippen molar-refractivity contribution in [3.05, 3.63) is 35.9 Å². The highest BCUT2D eigenvalue weighted by molar-refractivity contribution is 5.69. The molecule has 0 aliphatic carbocycles. The van der Waals surface area contributed by atoms with E-state index in [1.54, 1.807) is 0 Å². The molecule has 3 N–H and O–H groups in total. The fourth-order valence-electron chi connectivity index (χ4n) is 1.60. The number of carbonyl (C=O) groups is 2. The van der Waals surface area contributed by atoms with E-state index in [4.69, 9.17) is 10.8 Å². The number of aliphatic carboxylic acids is 1. The van der Waals surface area contributed by atoms with Gasteiger partial charge in [0.2, 0.25) is 0 Å². The van der Waals surface area contributed by atoms with Gasteiger partial charge in [0.25, 0.3) is 0 Å². The van der Waals surface area contributed by atoms with Gasteiger partial charge in [-0.15, -0.1) is 0 Å². The first-order valence-corrected chi connectivity index (χ1v) is 5.10. The van der Waals surface area contributed by atoms with Crippen molar-refractivity contribution in [3.8, 4) is 0 Å². The summed E-state index contributed by atoms with van der Waals surface area (Å²) in [6.07, 6.45) is 1.03. The van der Waals surface area contributed by atoms with E-state index in [0.29, 0.717) is 12.7 Å². The maximum Gasteiger partial charge on any atom is 0.303 e. The van der Waals surface area contributed by atoms with Gasteiger partial charge in [-0.1, -0.05) is 30.3 Å². The largest absolute Gasteiger partial charge is 0.481 e. The van der Waals surface area contributed by atoms with Gasteiger partial charge in [-0.2, -0.15) is 0 Å². The molecule has 2 atom stereocenters. The minimum atomic E-state index is -0.932. The van der Waals surface area contributed by atoms with E-state index >= 15 is 0 Å². The van der Waals surface area contributed by atoms with Gasteiger partial charge in [-0.3, -0.25) is 4.79 Å². The van der Waals surface area contributed by atoms with Crippen molar-refractivity contribution in [1.29, 1.82) is 0 Å². The molecule has 16 heavy (non-hydrogen) atoms. The molecular weight excluding hydrogens is 206 g/mol. The van der Waals surface area contributed by atoms with E-state index in [2.05, 4.69) is 0 Å². The van der Waals surface area contributed by atoms with Crippen LogP contribution in [0.2, 0.25) is 0 Å². The van der Waals surface area contributed by atoms with Gasteiger partial charge in [0.15, 0.2) is 0 Å². The summed E-state index contributed by atoms with van der Waals surface area (Å²) >= 11 is 0. The van der Waals surface area contributed by atoms with Crippen LogP contribution in [-0.4, -0.2) is 23.4 Å². The first kappa shape index (κ1) is 12.4. The fraction of sp³-hybridized carbons (Fsp3) is 0.333. The van der Waals surface area contributed by atoms with Gasteiger partial charge < -0.3 is 15.6 Å². The minimum Gasteiger partial charge on any atom is -0.481 e. The predicted octanol–water partition coefficient (Wildman–Crippen LogP) is 0.846. The van der Waals surface area contributed by atoms with E-state index in [1.807, 2.05) is 30.3 Å². The van der Waals surface area contributed by atoms with Crippen molar-refractivity contribution in [2.75, 3.05) is 0 Å². The lowest BCUT2D eigenvalue weighted by Gasteiger charge is -2.17. The van der Waals surface area contributed by atoms with E-state index in [9.17, 15) is 9.59 Å². The molecule has 1 rings (SSSR count). The van der Waals surface area contributed by atoms with Gasteiger partial charge in [0.1, 0.15) is 6.29 Å². The SMILES string of the molecule is N[C@H](C=O)C(CC(=O)O)Cc1ccccc1. The van der Waals surface area contributed by atoms with Gasteiger partial charge >= 0.3 is 5.97 Å². The van der Waals surface area contributed by atoms with E-state index in [-0.39, 0.29) is 12.3 Å². The second-order valence-electron chi connectivity index (χ2n) is 3.76. The molecular formula is C12H15NO3. The Morgan fingerprint density at radius 1 is 1.38 bits per heavy atom. The number of rotatable bonds is 6. The molecule has 0 amide bonds. The second-order valence-corrected chi connectivity index (χ2v) is 3.76. The summed E-state index contributed by atoms with van der Waals surface area (Å²) in [6, 6.07) is 8.70. The van der Waals surface area contributed by atoms with Crippen LogP contribution in [0, 0.1) is 5.92 Å². The van der Waals surface area contributed by atoms with Crippen LogP contribution < -0.4 is 5.73 Å². The second kappa shape index (κ2) is 6.02. The molecule has 1 aromatic carbocycles. The molecule has 0 bridgehead atoms. The molecule has 1 unspecified atom stereocenters. The first-order chi connectivity index (χ1) is 7.63. The monoisotopic (exact) mass is 221 g/mol. The van der Waals surface area contributed by atoms with Crippen molar-refractivity contribution in [1.82, 2.24) is 0 Å². The standard InChI is InChI=1S/C12H15NO3/c13-11(8-14)10(7-12(15)16)6-9-4-2-1-3-5-9/h1-5,8,10-11H,6-7,13H2,(H,15,16)/t10?,11-/m1/s1. The zero-order chi connectivity index (χ0) is 12.0. The third kappa shape index (κ3) is 3.82. The Bertz CT molecular complexity index is 351. The van der Waals surface area contributed by atoms with Crippen LogP contribution >= 0.6 is 0 Å². The maximum absolute atomic E-state index is 10.6. The van der Waals surface area contributed by atoms with Crippen LogP contribution in [0.25, 0.3) is 0 Å². The normalized spacial score (nSPS) is 14.1. The number of aldehydes is 1. The Kier molecular flexibility index (Phi) is 4.66. The molecule has 4 nitrogen and oxygen atoms in total. The Morgan fingerprint density at radius 3 is 2.50 bits per heavy atom. The Balaban J connectivity index is 2.70. The lowest BCUT2D eigenvalue weighted by Crippen LogP contribution is -2.34. The van der Waals surface area contributed by atoms with Crippen molar-refractivity contribution < 1.29 is 14.7 Å². The fourth-order valence-corrected chi connectivity index (χ4v) is 1.60. The van der Waals surface area contributed by atoms with Crippen LogP contribution in [0.5, 0.6) is 0 Å². The quantitative estimate of drug-likeness (QED) is 0.698. The molecule has 0 saturated carbocycles. The van der Waals surface area contributed by atoms with Crippen LogP contribution in [0.15, 0.2) is 30.3 Å². The molecule has 0 saturated heterocycles. The van der Waals surface area contributed by atoms with E-state index < -0.39 is 12.0 Å². The summed E-state index contributed by atoms with van der Waals surface area (Å²) in [4.78, 5) is 21.2. The molecule has 0 spiro atoms. The number of carboxylic acids is 1. The third-order valence-electron chi connectivity index (χ3n) is 2.48. The summed E-state index contributed by atoms with van der Waals surface area (Å²) in [5.41, 5.74) is 6.57. The van der Waals surface area contributed by atoms with Crippen molar-refractivity contribution in [3.63, 3.8) is 0 Å². The number of hydrogen-bond donors (Lipinski definition) is 2. The van der Waals surface area contributed by atoms with Crippen LogP contribution in [-0.2, 0) is 16.0 Å². The van der Waals surface area contributed by atoms with Crippen LogP contribution in [0.1, 0.15) is 12.0 Å². The summed E-state index contributed by atoms with van der Waals surface area (Å²) in [5, 5.41) is 8.73. The number of carboxylic acid groups (broad SMARTS) is 1. The molecule has 86 valence electrons. The van der Waals surface area contributed by atoms with Gasteiger partial charge in [-0.05, 0) is 17.9 Å². The van der Waals surface area contributed by atoms with Crippen molar-refractivity contribution in [2.45, 2.75) is 18.9 Å². The zero-order valence-corrected chi connectivity index (χ0v) is 8.87. The van der Waals surface area contributed by atoms with Crippen LogP contribution in [0.4, 0.5) is 0 Å². The molecule has 1 aromatic rings. The molecule has 0 heterocycles. The van der Waals surface area contributed by atoms with Gasteiger partial charge in [0, 0.05) is 0 Å². The summed E-state index contributed by atoms with van der Waals surface area (Å²) in [6.45, 7) is 0. The lowest BCUT2D eigenvalue weighted by atomic mass is 9.90. The molecule has 0 aliphatic heterocycles. The van der Waals surface area contributed by atoms with Crippen molar-refractivity contribution >= 4 is 12.3 Å². The zero-order valence-electron chi connectivity index (χ0n) is 8.87. The maximum atomic E-state index is 10.6. The summed E-state index contributed by atoms with van der Waals surface area (Å²) < 4.78 is 0. The summed E-state index contributed by atoms with van der Waals surface area (Å²) in [5.74, 6) is -1.28. The molecule has 0 fully saturated rings. The van der Waals surface area contributed by atoms with Crippen LogP contribution in [0.3, 0.4) is 0 Å². The lowest BCUT2D eigenvalue weighted by molar-refractivity contribution is -0.138. The molecule has 0 radical (unpaired) electrons. The van der Waals surface area contributed by atoms with Crippen molar-refractivity contribution in [2.24, 2.45) is 11.7 Å². The molecule has 0 aromatic heterocycles. The number of carbonyl (C=O) groups excluding carboxylic acids is 1.